The van der Waals surface area contributed by atoms with Gasteiger partial charge in [-0.3, -0.25) is 9.36 Å². The Bertz CT molecular complexity index is 1140. The molecule has 2 aromatic rings. The molecule has 0 bridgehead atoms. The summed E-state index contributed by atoms with van der Waals surface area (Å²) in [5, 5.41) is 8.35. The highest BCUT2D eigenvalue weighted by Gasteiger charge is 2.40. The predicted molar refractivity (Wildman–Crippen MR) is 107 cm³/mol. The van der Waals surface area contributed by atoms with Gasteiger partial charge in [0.25, 0.3) is 0 Å². The first-order valence-electron chi connectivity index (χ1n) is 9.39. The summed E-state index contributed by atoms with van der Waals surface area (Å²) in [6.07, 6.45) is 1.54. The van der Waals surface area contributed by atoms with Gasteiger partial charge in [-0.15, -0.1) is 0 Å². The molecular weight excluding hydrogens is 416 g/mol. The lowest BCUT2D eigenvalue weighted by Gasteiger charge is -2.22. The summed E-state index contributed by atoms with van der Waals surface area (Å²) < 4.78 is 59.0. The lowest BCUT2D eigenvalue weighted by Crippen LogP contribution is -2.40. The molecule has 0 radical (unpaired) electrons. The summed E-state index contributed by atoms with van der Waals surface area (Å²) in [6.45, 7) is 6.73. The predicted octanol–water partition coefficient (Wildman–Crippen LogP) is 0.519. The van der Waals surface area contributed by atoms with Gasteiger partial charge in [0, 0.05) is 33.2 Å². The van der Waals surface area contributed by atoms with E-state index in [1.165, 1.54) is 8.99 Å². The molecule has 162 valence electrons. The van der Waals surface area contributed by atoms with E-state index in [1.54, 1.807) is 46.5 Å². The maximum absolute atomic E-state index is 13.3. The minimum absolute atomic E-state index is 0.0236. The Balaban J connectivity index is 1.81. The molecule has 0 aliphatic heterocycles. The molecule has 0 amide bonds. The zero-order chi connectivity index (χ0) is 21.7. The Morgan fingerprint density at radius 1 is 0.931 bits per heavy atom. The fourth-order valence-electron chi connectivity index (χ4n) is 3.61. The van der Waals surface area contributed by atoms with Crippen LogP contribution in [0.2, 0.25) is 0 Å². The molecule has 0 atom stereocenters. The van der Waals surface area contributed by atoms with Crippen molar-refractivity contribution in [3.63, 3.8) is 0 Å². The van der Waals surface area contributed by atoms with Gasteiger partial charge in [-0.2, -0.15) is 14.5 Å². The number of nitrogens with zero attached hydrogens (tertiary/aromatic N) is 5. The van der Waals surface area contributed by atoms with Crippen LogP contribution in [0.4, 0.5) is 0 Å². The molecule has 0 unspecified atom stereocenters. The Hall–Kier alpha value is -1.76. The highest BCUT2D eigenvalue weighted by Crippen LogP contribution is 2.33. The average molecular weight is 445 g/mol. The summed E-state index contributed by atoms with van der Waals surface area (Å²) in [4.78, 5) is 0.341. The molecule has 0 saturated heterocycles. The SMILES string of the molecule is Cc1nn(C)c(C)c1S(=O)(=O)NCCN(C1CC1)S(=O)(=O)c1c(C)nn(C)c1C. The molecule has 10 nitrogen and oxygen atoms in total. The van der Waals surface area contributed by atoms with Crippen molar-refractivity contribution in [2.45, 2.75) is 56.4 Å². The van der Waals surface area contributed by atoms with Crippen molar-refractivity contribution in [2.75, 3.05) is 13.1 Å². The van der Waals surface area contributed by atoms with Gasteiger partial charge < -0.3 is 0 Å². The number of hydrogen-bond donors (Lipinski definition) is 1. The molecule has 1 aliphatic rings. The summed E-state index contributed by atoms with van der Waals surface area (Å²) in [6, 6.07) is -0.106. The molecule has 1 fully saturated rings. The zero-order valence-electron chi connectivity index (χ0n) is 17.6. The molecule has 0 spiro atoms. The van der Waals surface area contributed by atoms with Crippen LogP contribution in [-0.4, -0.2) is 59.8 Å². The van der Waals surface area contributed by atoms with Crippen molar-refractivity contribution in [1.82, 2.24) is 28.6 Å². The third kappa shape index (κ3) is 3.98. The van der Waals surface area contributed by atoms with E-state index in [0.29, 0.717) is 22.8 Å². The molecule has 0 aromatic carbocycles. The largest absolute Gasteiger partial charge is 0.271 e. The first-order chi connectivity index (χ1) is 13.4. The van der Waals surface area contributed by atoms with Gasteiger partial charge in [-0.05, 0) is 40.5 Å². The topological polar surface area (TPSA) is 119 Å². The molecule has 1 N–H and O–H groups in total. The highest BCUT2D eigenvalue weighted by atomic mass is 32.2. The van der Waals surface area contributed by atoms with Crippen LogP contribution in [0.1, 0.15) is 35.6 Å². The van der Waals surface area contributed by atoms with E-state index in [4.69, 9.17) is 0 Å². The highest BCUT2D eigenvalue weighted by molar-refractivity contribution is 7.89. The van der Waals surface area contributed by atoms with Crippen molar-refractivity contribution >= 4 is 20.0 Å². The molecule has 2 heterocycles. The Kier molecular flexibility index (Phi) is 5.67. The Morgan fingerprint density at radius 3 is 1.83 bits per heavy atom. The van der Waals surface area contributed by atoms with Crippen LogP contribution in [0.15, 0.2) is 9.79 Å². The Morgan fingerprint density at radius 2 is 1.41 bits per heavy atom. The number of aromatic nitrogens is 4. The summed E-state index contributed by atoms with van der Waals surface area (Å²) in [7, 11) is -4.18. The molecule has 2 aromatic heterocycles. The minimum Gasteiger partial charge on any atom is -0.271 e. The standard InChI is InChI=1S/C17H28N6O4S2/c1-11-16(13(3)21(5)19-11)28(24,25)18-9-10-23(15-7-8-15)29(26,27)17-12(2)20-22(6)14(17)4/h15,18H,7-10H2,1-6H3. The summed E-state index contributed by atoms with van der Waals surface area (Å²) in [5.74, 6) is 0. The van der Waals surface area contributed by atoms with E-state index in [9.17, 15) is 16.8 Å². The minimum atomic E-state index is -3.80. The summed E-state index contributed by atoms with van der Waals surface area (Å²) >= 11 is 0. The number of rotatable bonds is 8. The van der Waals surface area contributed by atoms with Crippen LogP contribution < -0.4 is 4.72 Å². The van der Waals surface area contributed by atoms with Crippen LogP contribution in [-0.2, 0) is 34.1 Å². The number of aryl methyl sites for hydroxylation is 4. The van der Waals surface area contributed by atoms with Gasteiger partial charge in [0.05, 0.1) is 22.8 Å². The zero-order valence-corrected chi connectivity index (χ0v) is 19.2. The first-order valence-corrected chi connectivity index (χ1v) is 12.3. The van der Waals surface area contributed by atoms with Gasteiger partial charge >= 0.3 is 0 Å². The van der Waals surface area contributed by atoms with E-state index >= 15 is 0 Å². The smallest absolute Gasteiger partial charge is 0.247 e. The molecule has 3 rings (SSSR count). The van der Waals surface area contributed by atoms with E-state index in [2.05, 4.69) is 14.9 Å². The molecule has 12 heteroatoms. The van der Waals surface area contributed by atoms with Gasteiger partial charge in [0.1, 0.15) is 9.79 Å². The molecule has 1 saturated carbocycles. The second kappa shape index (κ2) is 7.49. The van der Waals surface area contributed by atoms with Crippen molar-refractivity contribution in [3.05, 3.63) is 22.8 Å². The maximum Gasteiger partial charge on any atom is 0.247 e. The molecule has 29 heavy (non-hydrogen) atoms. The van der Waals surface area contributed by atoms with Crippen LogP contribution in [0.3, 0.4) is 0 Å². The van der Waals surface area contributed by atoms with Crippen molar-refractivity contribution in [2.24, 2.45) is 14.1 Å². The van der Waals surface area contributed by atoms with E-state index in [-0.39, 0.29) is 28.9 Å². The second-order valence-corrected chi connectivity index (χ2v) is 11.0. The van der Waals surface area contributed by atoms with E-state index in [0.717, 1.165) is 12.8 Å². The number of sulfonamides is 2. The van der Waals surface area contributed by atoms with Gasteiger partial charge in [0.2, 0.25) is 20.0 Å². The number of nitrogens with one attached hydrogen (secondary N) is 1. The van der Waals surface area contributed by atoms with Crippen LogP contribution in [0, 0.1) is 27.7 Å². The lowest BCUT2D eigenvalue weighted by molar-refractivity contribution is 0.405. The third-order valence-corrected chi connectivity index (χ3v) is 9.22. The maximum atomic E-state index is 13.3. The normalized spacial score (nSPS) is 15.4. The number of hydrogen-bond acceptors (Lipinski definition) is 6. The van der Waals surface area contributed by atoms with Crippen molar-refractivity contribution < 1.29 is 16.8 Å². The van der Waals surface area contributed by atoms with Gasteiger partial charge in [-0.1, -0.05) is 0 Å². The van der Waals surface area contributed by atoms with Crippen LogP contribution in [0.25, 0.3) is 0 Å². The second-order valence-electron chi connectivity index (χ2n) is 7.49. The van der Waals surface area contributed by atoms with E-state index < -0.39 is 20.0 Å². The lowest BCUT2D eigenvalue weighted by atomic mass is 10.4. The van der Waals surface area contributed by atoms with Crippen molar-refractivity contribution in [1.29, 1.82) is 0 Å². The van der Waals surface area contributed by atoms with E-state index in [1.807, 2.05) is 0 Å². The monoisotopic (exact) mass is 444 g/mol. The average Bonchev–Trinajstić information content (AvgIpc) is 3.33. The fourth-order valence-corrected chi connectivity index (χ4v) is 7.16. The van der Waals surface area contributed by atoms with Gasteiger partial charge in [0.15, 0.2) is 0 Å². The molecule has 1 aliphatic carbocycles. The van der Waals surface area contributed by atoms with Crippen LogP contribution in [0.5, 0.6) is 0 Å². The third-order valence-electron chi connectivity index (χ3n) is 5.30. The first kappa shape index (κ1) is 21.9. The summed E-state index contributed by atoms with van der Waals surface area (Å²) in [5.41, 5.74) is 1.95. The molecular formula is C17H28N6O4S2. The fraction of sp³-hybridized carbons (Fsp3) is 0.647. The van der Waals surface area contributed by atoms with Crippen LogP contribution >= 0.6 is 0 Å². The Labute approximate surface area is 172 Å². The van der Waals surface area contributed by atoms with Crippen molar-refractivity contribution in [3.8, 4) is 0 Å². The van der Waals surface area contributed by atoms with Gasteiger partial charge in [-0.25, -0.2) is 21.6 Å². The quantitative estimate of drug-likeness (QED) is 0.634.